The zero-order valence-electron chi connectivity index (χ0n) is 8.45. The molecule has 1 aromatic carbocycles. The van der Waals surface area contributed by atoms with Crippen LogP contribution < -0.4 is 11.5 Å². The third kappa shape index (κ3) is 1.55. The molecule has 0 radical (unpaired) electrons. The third-order valence-electron chi connectivity index (χ3n) is 2.44. The Morgan fingerprint density at radius 3 is 2.94 bits per heavy atom. The number of aromatic amines is 2. The van der Waals surface area contributed by atoms with Crippen LogP contribution >= 0.6 is 15.9 Å². The lowest BCUT2D eigenvalue weighted by atomic mass is 10.1. The van der Waals surface area contributed by atoms with Crippen LogP contribution in [0.3, 0.4) is 0 Å². The normalized spacial score (nSPS) is 11.1. The zero-order valence-corrected chi connectivity index (χ0v) is 10.0. The number of halogens is 1. The molecule has 0 unspecified atom stereocenters. The van der Waals surface area contributed by atoms with Gasteiger partial charge in [0.05, 0.1) is 15.7 Å². The summed E-state index contributed by atoms with van der Waals surface area (Å²) < 4.78 is 5.67. The third-order valence-corrected chi connectivity index (χ3v) is 3.24. The molecule has 0 saturated carbocycles. The molecule has 0 bridgehead atoms. The SMILES string of the molecule is Nc1n[nH]c(-c2ccc3[nH]c(=O)oc3c2)c1Br. The number of nitrogens with one attached hydrogen (secondary N) is 2. The van der Waals surface area contributed by atoms with Crippen molar-refractivity contribution in [3.05, 3.63) is 33.2 Å². The Balaban J connectivity index is 2.24. The fourth-order valence-electron chi connectivity index (χ4n) is 1.63. The number of nitrogens with zero attached hydrogens (tertiary/aromatic N) is 1. The van der Waals surface area contributed by atoms with Gasteiger partial charge in [0, 0.05) is 5.56 Å². The highest BCUT2D eigenvalue weighted by atomic mass is 79.9. The molecule has 3 rings (SSSR count). The lowest BCUT2D eigenvalue weighted by molar-refractivity contribution is 0.555. The van der Waals surface area contributed by atoms with E-state index >= 15 is 0 Å². The second-order valence-corrected chi connectivity index (χ2v) is 4.32. The summed E-state index contributed by atoms with van der Waals surface area (Å²) in [5, 5.41) is 6.69. The summed E-state index contributed by atoms with van der Waals surface area (Å²) in [5.41, 5.74) is 8.35. The second-order valence-electron chi connectivity index (χ2n) is 3.52. The average molecular weight is 295 g/mol. The first-order valence-electron chi connectivity index (χ1n) is 4.78. The number of oxazole rings is 1. The molecule has 0 saturated heterocycles. The number of anilines is 1. The van der Waals surface area contributed by atoms with E-state index in [0.29, 0.717) is 21.4 Å². The fraction of sp³-hybridized carbons (Fsp3) is 0. The minimum atomic E-state index is -0.472. The number of nitrogens with two attached hydrogens (primary N) is 1. The molecule has 0 amide bonds. The molecule has 0 fully saturated rings. The monoisotopic (exact) mass is 294 g/mol. The molecule has 4 N–H and O–H groups in total. The predicted octanol–water partition coefficient (Wildman–Crippen LogP) is 1.86. The number of rotatable bonds is 1. The van der Waals surface area contributed by atoms with E-state index in [4.69, 9.17) is 10.2 Å². The van der Waals surface area contributed by atoms with E-state index in [0.717, 1.165) is 11.3 Å². The Labute approximate surface area is 103 Å². The van der Waals surface area contributed by atoms with Crippen molar-refractivity contribution in [1.29, 1.82) is 0 Å². The highest BCUT2D eigenvalue weighted by molar-refractivity contribution is 9.10. The van der Waals surface area contributed by atoms with Gasteiger partial charge in [0.1, 0.15) is 0 Å². The van der Waals surface area contributed by atoms with Crippen molar-refractivity contribution in [2.45, 2.75) is 0 Å². The van der Waals surface area contributed by atoms with Gasteiger partial charge in [0.2, 0.25) is 0 Å². The standard InChI is InChI=1S/C10H7BrN4O2/c11-7-8(14-15-9(7)12)4-1-2-5-6(3-4)17-10(16)13-5/h1-3H,(H,13,16)(H3,12,14,15). The van der Waals surface area contributed by atoms with Gasteiger partial charge >= 0.3 is 5.76 Å². The predicted molar refractivity (Wildman–Crippen MR) is 66.5 cm³/mol. The number of aromatic nitrogens is 3. The molecule has 3 aromatic rings. The molecule has 0 aliphatic rings. The van der Waals surface area contributed by atoms with Gasteiger partial charge < -0.3 is 10.2 Å². The molecule has 2 heterocycles. The van der Waals surface area contributed by atoms with Crippen molar-refractivity contribution in [2.24, 2.45) is 0 Å². The van der Waals surface area contributed by atoms with Crippen LogP contribution in [0.4, 0.5) is 5.82 Å². The van der Waals surface area contributed by atoms with Gasteiger partial charge in [0.25, 0.3) is 0 Å². The lowest BCUT2D eigenvalue weighted by Crippen LogP contribution is -1.92. The van der Waals surface area contributed by atoms with Gasteiger partial charge in [-0.1, -0.05) is 6.07 Å². The summed E-state index contributed by atoms with van der Waals surface area (Å²) in [7, 11) is 0. The zero-order chi connectivity index (χ0) is 12.0. The Bertz CT molecular complexity index is 755. The number of hydrogen-bond donors (Lipinski definition) is 3. The summed E-state index contributed by atoms with van der Waals surface area (Å²) in [6, 6.07) is 5.34. The van der Waals surface area contributed by atoms with E-state index in [2.05, 4.69) is 31.1 Å². The van der Waals surface area contributed by atoms with Crippen LogP contribution in [0.25, 0.3) is 22.4 Å². The number of hydrogen-bond acceptors (Lipinski definition) is 4. The molecule has 2 aromatic heterocycles. The summed E-state index contributed by atoms with van der Waals surface area (Å²) in [6.45, 7) is 0. The maximum absolute atomic E-state index is 11.0. The maximum Gasteiger partial charge on any atom is 0.417 e. The van der Waals surface area contributed by atoms with Gasteiger partial charge in [-0.15, -0.1) is 0 Å². The Hall–Kier alpha value is -2.02. The van der Waals surface area contributed by atoms with Crippen LogP contribution in [0.5, 0.6) is 0 Å². The lowest BCUT2D eigenvalue weighted by Gasteiger charge is -1.97. The first-order valence-corrected chi connectivity index (χ1v) is 5.57. The molecule has 0 aliphatic heterocycles. The Kier molecular flexibility index (Phi) is 2.08. The fourth-order valence-corrected chi connectivity index (χ4v) is 2.04. The second kappa shape index (κ2) is 3.49. The number of nitrogen functional groups attached to an aromatic ring is 1. The first kappa shape index (κ1) is 10.2. The molecular weight excluding hydrogens is 288 g/mol. The average Bonchev–Trinajstić information content (AvgIpc) is 2.81. The van der Waals surface area contributed by atoms with Crippen molar-refractivity contribution in [3.63, 3.8) is 0 Å². The smallest absolute Gasteiger partial charge is 0.408 e. The highest BCUT2D eigenvalue weighted by Crippen LogP contribution is 2.31. The van der Waals surface area contributed by atoms with E-state index in [9.17, 15) is 4.79 Å². The van der Waals surface area contributed by atoms with E-state index < -0.39 is 5.76 Å². The van der Waals surface area contributed by atoms with Gasteiger partial charge in [0.15, 0.2) is 11.4 Å². The van der Waals surface area contributed by atoms with Crippen LogP contribution in [0.15, 0.2) is 31.9 Å². The van der Waals surface area contributed by atoms with Crippen molar-refractivity contribution >= 4 is 32.8 Å². The molecule has 7 heteroatoms. The van der Waals surface area contributed by atoms with Crippen molar-refractivity contribution in [2.75, 3.05) is 5.73 Å². The van der Waals surface area contributed by atoms with E-state index in [-0.39, 0.29) is 0 Å². The van der Waals surface area contributed by atoms with E-state index in [1.165, 1.54) is 0 Å². The van der Waals surface area contributed by atoms with E-state index in [1.807, 2.05) is 6.07 Å². The summed E-state index contributed by atoms with van der Waals surface area (Å²) in [6.07, 6.45) is 0. The summed E-state index contributed by atoms with van der Waals surface area (Å²) in [5.74, 6) is -0.0871. The number of H-pyrrole nitrogens is 2. The van der Waals surface area contributed by atoms with Gasteiger partial charge in [-0.2, -0.15) is 5.10 Å². The van der Waals surface area contributed by atoms with Crippen LogP contribution in [-0.4, -0.2) is 15.2 Å². The molecule has 0 aliphatic carbocycles. The van der Waals surface area contributed by atoms with Crippen LogP contribution in [0, 0.1) is 0 Å². The first-order chi connectivity index (χ1) is 8.15. The molecular formula is C10H7BrN4O2. The van der Waals surface area contributed by atoms with Crippen molar-refractivity contribution in [1.82, 2.24) is 15.2 Å². The number of benzene rings is 1. The highest BCUT2D eigenvalue weighted by Gasteiger charge is 2.11. The van der Waals surface area contributed by atoms with Gasteiger partial charge in [-0.25, -0.2) is 4.79 Å². The largest absolute Gasteiger partial charge is 0.417 e. The molecule has 17 heavy (non-hydrogen) atoms. The minimum absolute atomic E-state index is 0.385. The number of fused-ring (bicyclic) bond motifs is 1. The topological polar surface area (TPSA) is 101 Å². The summed E-state index contributed by atoms with van der Waals surface area (Å²) >= 11 is 3.34. The van der Waals surface area contributed by atoms with Crippen LogP contribution in [0.2, 0.25) is 0 Å². The molecule has 0 atom stereocenters. The molecule has 0 spiro atoms. The Morgan fingerprint density at radius 1 is 1.41 bits per heavy atom. The van der Waals surface area contributed by atoms with Crippen molar-refractivity contribution < 1.29 is 4.42 Å². The molecule has 6 nitrogen and oxygen atoms in total. The molecule has 86 valence electrons. The van der Waals surface area contributed by atoms with Crippen LogP contribution in [0.1, 0.15) is 0 Å². The van der Waals surface area contributed by atoms with Gasteiger partial charge in [-0.05, 0) is 28.1 Å². The quantitative estimate of drug-likeness (QED) is 0.637. The van der Waals surface area contributed by atoms with Crippen LogP contribution in [-0.2, 0) is 0 Å². The summed E-state index contributed by atoms with van der Waals surface area (Å²) in [4.78, 5) is 13.6. The maximum atomic E-state index is 11.0. The van der Waals surface area contributed by atoms with Gasteiger partial charge in [-0.3, -0.25) is 10.1 Å². The Morgan fingerprint density at radius 2 is 2.24 bits per heavy atom. The van der Waals surface area contributed by atoms with Crippen molar-refractivity contribution in [3.8, 4) is 11.3 Å². The van der Waals surface area contributed by atoms with E-state index in [1.54, 1.807) is 12.1 Å². The minimum Gasteiger partial charge on any atom is -0.408 e.